The Bertz CT molecular complexity index is 1140. The van der Waals surface area contributed by atoms with Crippen LogP contribution in [0.5, 0.6) is 0 Å². The third-order valence-corrected chi connectivity index (χ3v) is 5.87. The number of rotatable bonds is 9. The monoisotopic (exact) mass is 492 g/mol. The number of halogens is 2. The van der Waals surface area contributed by atoms with Gasteiger partial charge in [0, 0.05) is 23.9 Å². The smallest absolute Gasteiger partial charge is 0.268 e. The summed E-state index contributed by atoms with van der Waals surface area (Å²) in [5.41, 5.74) is -0.522. The molecule has 0 unspecified atom stereocenters. The first-order valence-electron chi connectivity index (χ1n) is 11.4. The Morgan fingerprint density at radius 3 is 2.46 bits per heavy atom. The zero-order valence-corrected chi connectivity index (χ0v) is 19.8. The summed E-state index contributed by atoms with van der Waals surface area (Å²) in [6.45, 7) is 5.24. The molecule has 9 nitrogen and oxygen atoms in total. The first kappa shape index (κ1) is 26.3. The van der Waals surface area contributed by atoms with Crippen LogP contribution in [-0.2, 0) is 14.4 Å². The summed E-state index contributed by atoms with van der Waals surface area (Å²) in [7, 11) is 0. The van der Waals surface area contributed by atoms with Gasteiger partial charge in [-0.05, 0) is 36.8 Å². The normalized spacial score (nSPS) is 17.7. The lowest BCUT2D eigenvalue weighted by Gasteiger charge is -2.28. The Morgan fingerprint density at radius 2 is 1.86 bits per heavy atom. The van der Waals surface area contributed by atoms with E-state index in [0.29, 0.717) is 19.0 Å². The van der Waals surface area contributed by atoms with Crippen LogP contribution in [0.4, 0.5) is 8.78 Å². The van der Waals surface area contributed by atoms with E-state index in [2.05, 4.69) is 20.9 Å². The Morgan fingerprint density at radius 1 is 1.14 bits per heavy atom. The van der Waals surface area contributed by atoms with Crippen LogP contribution >= 0.6 is 0 Å². The fraction of sp³-hybridized carbons (Fsp3) is 0.500. The van der Waals surface area contributed by atoms with Gasteiger partial charge in [-0.3, -0.25) is 19.2 Å². The van der Waals surface area contributed by atoms with Crippen molar-refractivity contribution in [3.63, 3.8) is 0 Å². The third-order valence-electron chi connectivity index (χ3n) is 5.87. The van der Waals surface area contributed by atoms with E-state index in [4.69, 9.17) is 0 Å². The van der Waals surface area contributed by atoms with Crippen molar-refractivity contribution in [2.24, 2.45) is 11.3 Å². The van der Waals surface area contributed by atoms with Crippen LogP contribution in [-0.4, -0.2) is 58.8 Å². The maximum absolute atomic E-state index is 14.0. The molecule has 1 fully saturated rings. The van der Waals surface area contributed by atoms with E-state index in [1.54, 1.807) is 0 Å². The number of nitrogens with one attached hydrogen (secondary N) is 4. The van der Waals surface area contributed by atoms with Crippen LogP contribution in [0.1, 0.15) is 50.5 Å². The van der Waals surface area contributed by atoms with Gasteiger partial charge >= 0.3 is 0 Å². The number of H-pyrrole nitrogens is 1. The fourth-order valence-corrected chi connectivity index (χ4v) is 4.15. The number of amides is 3. The molecule has 11 heteroatoms. The molecule has 2 aromatic rings. The van der Waals surface area contributed by atoms with E-state index in [0.717, 1.165) is 6.07 Å². The molecule has 2 heterocycles. The molecule has 0 bridgehead atoms. The van der Waals surface area contributed by atoms with Crippen molar-refractivity contribution in [2.75, 3.05) is 13.2 Å². The molecule has 0 saturated carbocycles. The van der Waals surface area contributed by atoms with Gasteiger partial charge in [0.2, 0.25) is 11.8 Å². The number of aromatic amines is 1. The van der Waals surface area contributed by atoms with Gasteiger partial charge in [0.15, 0.2) is 5.78 Å². The highest BCUT2D eigenvalue weighted by Crippen LogP contribution is 2.24. The molecule has 5 N–H and O–H groups in total. The first-order chi connectivity index (χ1) is 16.4. The number of ketones is 1. The van der Waals surface area contributed by atoms with Crippen molar-refractivity contribution in [1.82, 2.24) is 20.9 Å². The molecule has 35 heavy (non-hydrogen) atoms. The average molecular weight is 493 g/mol. The summed E-state index contributed by atoms with van der Waals surface area (Å²) in [5, 5.41) is 17.4. The molecular formula is C24H30F2N4O5. The molecule has 1 saturated heterocycles. The van der Waals surface area contributed by atoms with E-state index in [1.165, 1.54) is 6.07 Å². The van der Waals surface area contributed by atoms with Crippen molar-refractivity contribution >= 4 is 34.4 Å². The minimum absolute atomic E-state index is 0.0278. The molecule has 3 amide bonds. The zero-order valence-electron chi connectivity index (χ0n) is 19.8. The topological polar surface area (TPSA) is 140 Å². The summed E-state index contributed by atoms with van der Waals surface area (Å²) in [5.74, 6) is -4.37. The molecule has 1 aromatic carbocycles. The number of benzene rings is 1. The molecule has 190 valence electrons. The average Bonchev–Trinajstić information content (AvgIpc) is 3.37. The van der Waals surface area contributed by atoms with Crippen molar-refractivity contribution in [3.8, 4) is 0 Å². The summed E-state index contributed by atoms with van der Waals surface area (Å²) < 4.78 is 27.6. The molecular weight excluding hydrogens is 462 g/mol. The maximum Gasteiger partial charge on any atom is 0.268 e. The number of hydrogen-bond donors (Lipinski definition) is 5. The standard InChI is InChI=1S/C24H30F2N4O5/c1-24(2,3)10-18(23(35)29-16(19(32)11-31)7-12-4-5-27-21(12)33)30-22(34)17-8-13-6-14(25)9-15(26)20(13)28-17/h6,8-9,12,16,18,28,31H,4-5,7,10-11H2,1-3H3,(H,27,33)(H,29,35)(H,30,34)/t12-,16-,18-/m0/s1. The lowest BCUT2D eigenvalue weighted by atomic mass is 9.87. The molecule has 0 spiro atoms. The Kier molecular flexibility index (Phi) is 7.89. The maximum atomic E-state index is 14.0. The minimum atomic E-state index is -1.11. The summed E-state index contributed by atoms with van der Waals surface area (Å²) >= 11 is 0. The predicted molar refractivity (Wildman–Crippen MR) is 123 cm³/mol. The Hall–Kier alpha value is -3.34. The molecule has 3 rings (SSSR count). The van der Waals surface area contributed by atoms with Gasteiger partial charge in [0.25, 0.3) is 5.91 Å². The van der Waals surface area contributed by atoms with Crippen LogP contribution in [0.15, 0.2) is 18.2 Å². The number of aromatic nitrogens is 1. The predicted octanol–water partition coefficient (Wildman–Crippen LogP) is 1.55. The quantitative estimate of drug-likeness (QED) is 0.361. The second-order valence-corrected chi connectivity index (χ2v) is 10.0. The van der Waals surface area contributed by atoms with Crippen molar-refractivity contribution in [1.29, 1.82) is 0 Å². The Balaban J connectivity index is 1.79. The van der Waals surface area contributed by atoms with Gasteiger partial charge in [0.1, 0.15) is 30.0 Å². The van der Waals surface area contributed by atoms with Gasteiger partial charge in [-0.15, -0.1) is 0 Å². The number of carbonyl (C=O) groups excluding carboxylic acids is 4. The second kappa shape index (κ2) is 10.5. The molecule has 0 aliphatic carbocycles. The minimum Gasteiger partial charge on any atom is -0.389 e. The number of aliphatic hydroxyl groups is 1. The van der Waals surface area contributed by atoms with Crippen LogP contribution in [0.3, 0.4) is 0 Å². The van der Waals surface area contributed by atoms with Gasteiger partial charge < -0.3 is 26.0 Å². The van der Waals surface area contributed by atoms with E-state index in [1.807, 2.05) is 20.8 Å². The van der Waals surface area contributed by atoms with Crippen LogP contribution < -0.4 is 16.0 Å². The number of fused-ring (bicyclic) bond motifs is 1. The van der Waals surface area contributed by atoms with Gasteiger partial charge in [-0.2, -0.15) is 0 Å². The van der Waals surface area contributed by atoms with Crippen molar-refractivity contribution < 1.29 is 33.1 Å². The number of carbonyl (C=O) groups is 4. The number of Topliss-reactive ketones (excluding diaryl/α,β-unsaturated/α-hetero) is 1. The molecule has 1 aliphatic rings. The van der Waals surface area contributed by atoms with Crippen molar-refractivity contribution in [2.45, 2.75) is 52.1 Å². The zero-order chi connectivity index (χ0) is 25.9. The van der Waals surface area contributed by atoms with E-state index in [9.17, 15) is 33.1 Å². The van der Waals surface area contributed by atoms with Gasteiger partial charge in [0.05, 0.1) is 11.6 Å². The summed E-state index contributed by atoms with van der Waals surface area (Å²) in [4.78, 5) is 52.9. The first-order valence-corrected chi connectivity index (χ1v) is 11.4. The highest BCUT2D eigenvalue weighted by molar-refractivity contribution is 6.01. The molecule has 1 aliphatic heterocycles. The van der Waals surface area contributed by atoms with E-state index < -0.39 is 59.3 Å². The number of hydrogen-bond acceptors (Lipinski definition) is 5. The van der Waals surface area contributed by atoms with Crippen LogP contribution in [0, 0.1) is 23.0 Å². The van der Waals surface area contributed by atoms with Gasteiger partial charge in [-0.25, -0.2) is 8.78 Å². The van der Waals surface area contributed by atoms with Crippen LogP contribution in [0.25, 0.3) is 10.9 Å². The van der Waals surface area contributed by atoms with E-state index >= 15 is 0 Å². The highest BCUT2D eigenvalue weighted by atomic mass is 19.1. The fourth-order valence-electron chi connectivity index (χ4n) is 4.15. The molecule has 3 atom stereocenters. The SMILES string of the molecule is CC(C)(C)C[C@H](NC(=O)c1cc2cc(F)cc(F)c2[nH]1)C(=O)N[C@@H](C[C@@H]1CCNC1=O)C(=O)CO. The second-order valence-electron chi connectivity index (χ2n) is 10.0. The summed E-state index contributed by atoms with van der Waals surface area (Å²) in [6, 6.07) is 0.863. The lowest BCUT2D eigenvalue weighted by molar-refractivity contribution is -0.131. The molecule has 0 radical (unpaired) electrons. The molecule has 1 aromatic heterocycles. The van der Waals surface area contributed by atoms with Crippen LogP contribution in [0.2, 0.25) is 0 Å². The largest absolute Gasteiger partial charge is 0.389 e. The number of aliphatic hydroxyl groups excluding tert-OH is 1. The third kappa shape index (κ3) is 6.62. The van der Waals surface area contributed by atoms with Crippen molar-refractivity contribution in [3.05, 3.63) is 35.5 Å². The Labute approximate surface area is 201 Å². The lowest BCUT2D eigenvalue weighted by Crippen LogP contribution is -2.53. The van der Waals surface area contributed by atoms with Gasteiger partial charge in [-0.1, -0.05) is 20.8 Å². The summed E-state index contributed by atoms with van der Waals surface area (Å²) in [6.07, 6.45) is 0.724. The van der Waals surface area contributed by atoms with E-state index in [-0.39, 0.29) is 35.3 Å². The highest BCUT2D eigenvalue weighted by Gasteiger charge is 2.34.